The molecule has 1 amide bonds. The molecule has 4 aliphatic rings. The summed E-state index contributed by atoms with van der Waals surface area (Å²) in [6.45, 7) is -0.254. The summed E-state index contributed by atoms with van der Waals surface area (Å²) < 4.78 is 31.2. The highest BCUT2D eigenvalue weighted by Gasteiger charge is 2.51. The SMILES string of the molecule is O=C(COC(=O)CCSc1ccc(F)c(F)c1)NC12CC3CC(CC(C3)C1)C2. The van der Waals surface area contributed by atoms with E-state index < -0.39 is 17.6 Å². The Hall–Kier alpha value is -1.63. The third-order valence-electron chi connectivity index (χ3n) is 6.27. The number of benzene rings is 1. The molecular formula is C21H25F2NO3S. The molecule has 152 valence electrons. The Labute approximate surface area is 167 Å². The first kappa shape index (κ1) is 19.7. The van der Waals surface area contributed by atoms with Crippen LogP contribution in [0.2, 0.25) is 0 Å². The Morgan fingerprint density at radius 2 is 1.71 bits per heavy atom. The number of ether oxygens (including phenoxy) is 1. The van der Waals surface area contributed by atoms with Crippen molar-refractivity contribution in [2.45, 2.75) is 55.4 Å². The van der Waals surface area contributed by atoms with E-state index in [1.807, 2.05) is 0 Å². The van der Waals surface area contributed by atoms with Crippen LogP contribution in [0, 0.1) is 29.4 Å². The molecule has 1 N–H and O–H groups in total. The van der Waals surface area contributed by atoms with Crippen molar-refractivity contribution in [1.82, 2.24) is 5.32 Å². The Balaban J connectivity index is 1.17. The number of esters is 1. The van der Waals surface area contributed by atoms with Crippen LogP contribution in [-0.2, 0) is 14.3 Å². The maximum atomic E-state index is 13.2. The van der Waals surface area contributed by atoms with E-state index in [0.29, 0.717) is 10.6 Å². The van der Waals surface area contributed by atoms with Crippen LogP contribution in [0.5, 0.6) is 0 Å². The van der Waals surface area contributed by atoms with Crippen LogP contribution in [0.1, 0.15) is 44.9 Å². The number of thioether (sulfide) groups is 1. The van der Waals surface area contributed by atoms with Gasteiger partial charge in [0, 0.05) is 16.2 Å². The lowest BCUT2D eigenvalue weighted by Crippen LogP contribution is -2.60. The Bertz CT molecular complexity index is 735. The summed E-state index contributed by atoms with van der Waals surface area (Å²) in [6.07, 6.45) is 7.20. The molecule has 0 saturated heterocycles. The van der Waals surface area contributed by atoms with Crippen LogP contribution in [-0.4, -0.2) is 29.8 Å². The number of amides is 1. The van der Waals surface area contributed by atoms with Crippen LogP contribution in [0.3, 0.4) is 0 Å². The summed E-state index contributed by atoms with van der Waals surface area (Å²) in [4.78, 5) is 24.7. The number of rotatable bonds is 7. The van der Waals surface area contributed by atoms with Crippen LogP contribution in [0.25, 0.3) is 0 Å². The van der Waals surface area contributed by atoms with Gasteiger partial charge in [-0.15, -0.1) is 11.8 Å². The van der Waals surface area contributed by atoms with Crippen molar-refractivity contribution in [2.24, 2.45) is 17.8 Å². The van der Waals surface area contributed by atoms with E-state index in [4.69, 9.17) is 4.74 Å². The van der Waals surface area contributed by atoms with Crippen LogP contribution >= 0.6 is 11.8 Å². The highest BCUT2D eigenvalue weighted by atomic mass is 32.2. The molecule has 0 heterocycles. The molecule has 1 aromatic rings. The third-order valence-corrected chi connectivity index (χ3v) is 7.27. The molecule has 4 bridgehead atoms. The average Bonchev–Trinajstić information content (AvgIpc) is 2.61. The molecular weight excluding hydrogens is 384 g/mol. The topological polar surface area (TPSA) is 55.4 Å². The predicted octanol–water partition coefficient (Wildman–Crippen LogP) is 4.08. The van der Waals surface area contributed by atoms with E-state index in [1.165, 1.54) is 37.1 Å². The van der Waals surface area contributed by atoms with E-state index in [-0.39, 0.29) is 24.5 Å². The molecule has 7 heteroatoms. The van der Waals surface area contributed by atoms with E-state index in [9.17, 15) is 18.4 Å². The molecule has 4 fully saturated rings. The molecule has 4 saturated carbocycles. The van der Waals surface area contributed by atoms with Crippen molar-refractivity contribution in [3.8, 4) is 0 Å². The normalized spacial score (nSPS) is 30.3. The first-order valence-corrected chi connectivity index (χ1v) is 10.9. The minimum absolute atomic E-state index is 0.0826. The lowest BCUT2D eigenvalue weighted by atomic mass is 9.53. The first-order chi connectivity index (χ1) is 13.4. The van der Waals surface area contributed by atoms with Crippen molar-refractivity contribution >= 4 is 23.6 Å². The minimum Gasteiger partial charge on any atom is -0.456 e. The smallest absolute Gasteiger partial charge is 0.307 e. The maximum Gasteiger partial charge on any atom is 0.307 e. The highest BCUT2D eigenvalue weighted by molar-refractivity contribution is 7.99. The second-order valence-electron chi connectivity index (χ2n) is 8.58. The van der Waals surface area contributed by atoms with Gasteiger partial charge >= 0.3 is 5.97 Å². The van der Waals surface area contributed by atoms with Gasteiger partial charge in [0.2, 0.25) is 0 Å². The molecule has 5 rings (SSSR count). The van der Waals surface area contributed by atoms with E-state index in [2.05, 4.69) is 5.32 Å². The van der Waals surface area contributed by atoms with Gasteiger partial charge in [0.1, 0.15) is 0 Å². The molecule has 0 atom stereocenters. The maximum absolute atomic E-state index is 13.2. The molecule has 0 aliphatic heterocycles. The number of nitrogens with one attached hydrogen (secondary N) is 1. The average molecular weight is 409 g/mol. The summed E-state index contributed by atoms with van der Waals surface area (Å²) in [5.41, 5.74) is -0.0826. The Kier molecular flexibility index (Phi) is 5.63. The first-order valence-electron chi connectivity index (χ1n) is 9.95. The largest absolute Gasteiger partial charge is 0.456 e. The van der Waals surface area contributed by atoms with E-state index in [1.54, 1.807) is 0 Å². The zero-order valence-electron chi connectivity index (χ0n) is 15.7. The van der Waals surface area contributed by atoms with Gasteiger partial charge in [0.15, 0.2) is 18.2 Å². The number of hydrogen-bond donors (Lipinski definition) is 1. The van der Waals surface area contributed by atoms with Crippen molar-refractivity contribution in [2.75, 3.05) is 12.4 Å². The molecule has 28 heavy (non-hydrogen) atoms. The number of carbonyl (C=O) groups is 2. The number of hydrogen-bond acceptors (Lipinski definition) is 4. The lowest BCUT2D eigenvalue weighted by molar-refractivity contribution is -0.149. The monoisotopic (exact) mass is 409 g/mol. The van der Waals surface area contributed by atoms with Crippen molar-refractivity contribution in [1.29, 1.82) is 0 Å². The fourth-order valence-electron chi connectivity index (χ4n) is 5.63. The predicted molar refractivity (Wildman–Crippen MR) is 102 cm³/mol. The van der Waals surface area contributed by atoms with Gasteiger partial charge < -0.3 is 10.1 Å². The van der Waals surface area contributed by atoms with Gasteiger partial charge in [-0.1, -0.05) is 0 Å². The van der Waals surface area contributed by atoms with Crippen molar-refractivity contribution in [3.05, 3.63) is 29.8 Å². The van der Waals surface area contributed by atoms with Crippen LogP contribution in [0.15, 0.2) is 23.1 Å². The number of halogens is 2. The molecule has 0 radical (unpaired) electrons. The fourth-order valence-corrected chi connectivity index (χ4v) is 6.49. The van der Waals surface area contributed by atoms with Gasteiger partial charge in [-0.25, -0.2) is 8.78 Å². The van der Waals surface area contributed by atoms with Crippen LogP contribution < -0.4 is 5.32 Å². The second-order valence-corrected chi connectivity index (χ2v) is 9.75. The van der Waals surface area contributed by atoms with Crippen LogP contribution in [0.4, 0.5) is 8.78 Å². The van der Waals surface area contributed by atoms with Gasteiger partial charge in [-0.05, 0) is 74.5 Å². The standard InChI is InChI=1S/C21H25F2NO3S/c22-17-2-1-16(8-18(17)23)28-4-3-20(26)27-12-19(25)24-21-9-13-5-14(10-21)7-15(6-13)11-21/h1-2,8,13-15H,3-7,9-12H2,(H,24,25). The summed E-state index contributed by atoms with van der Waals surface area (Å²) in [5.74, 6) is 0.106. The zero-order valence-corrected chi connectivity index (χ0v) is 16.5. The lowest BCUT2D eigenvalue weighted by Gasteiger charge is -2.56. The second kappa shape index (κ2) is 8.01. The third kappa shape index (κ3) is 4.50. The van der Waals surface area contributed by atoms with E-state index in [0.717, 1.165) is 49.1 Å². The van der Waals surface area contributed by atoms with Crippen molar-refractivity contribution in [3.63, 3.8) is 0 Å². The molecule has 1 aromatic carbocycles. The summed E-state index contributed by atoms with van der Waals surface area (Å²) >= 11 is 1.24. The zero-order chi connectivity index (χ0) is 19.7. The van der Waals surface area contributed by atoms with Gasteiger partial charge in [-0.3, -0.25) is 9.59 Å². The van der Waals surface area contributed by atoms with E-state index >= 15 is 0 Å². The molecule has 4 aliphatic carbocycles. The molecule has 0 aromatic heterocycles. The molecule has 4 nitrogen and oxygen atoms in total. The molecule has 0 unspecified atom stereocenters. The van der Waals surface area contributed by atoms with Gasteiger partial charge in [0.25, 0.3) is 5.91 Å². The highest BCUT2D eigenvalue weighted by Crippen LogP contribution is 2.55. The summed E-state index contributed by atoms with van der Waals surface area (Å²) in [5, 5.41) is 3.17. The summed E-state index contributed by atoms with van der Waals surface area (Å²) in [6, 6.07) is 3.63. The van der Waals surface area contributed by atoms with Crippen molar-refractivity contribution < 1.29 is 23.1 Å². The molecule has 0 spiro atoms. The quantitative estimate of drug-likeness (QED) is 0.545. The van der Waals surface area contributed by atoms with Gasteiger partial charge in [0.05, 0.1) is 6.42 Å². The van der Waals surface area contributed by atoms with Gasteiger partial charge in [-0.2, -0.15) is 0 Å². The minimum atomic E-state index is -0.908. The Morgan fingerprint density at radius 3 is 2.32 bits per heavy atom. The fraction of sp³-hybridized carbons (Fsp3) is 0.619. The Morgan fingerprint density at radius 1 is 1.07 bits per heavy atom. The number of carbonyl (C=O) groups excluding carboxylic acids is 2. The summed E-state index contributed by atoms with van der Waals surface area (Å²) in [7, 11) is 0.